The Morgan fingerprint density at radius 2 is 1.77 bits per heavy atom. The monoisotopic (exact) mass is 303 g/mol. The molecule has 0 saturated carbocycles. The van der Waals surface area contributed by atoms with Crippen LogP contribution in [0.5, 0.6) is 0 Å². The molecule has 0 aliphatic carbocycles. The van der Waals surface area contributed by atoms with Crippen LogP contribution < -0.4 is 0 Å². The molecule has 3 heteroatoms. The molecule has 0 spiro atoms. The van der Waals surface area contributed by atoms with Crippen LogP contribution in [0.2, 0.25) is 0 Å². The van der Waals surface area contributed by atoms with Crippen molar-refractivity contribution >= 4 is 43.1 Å². The summed E-state index contributed by atoms with van der Waals surface area (Å²) in [4.78, 5) is 4.85. The van der Waals surface area contributed by atoms with Gasteiger partial charge in [-0.05, 0) is 23.6 Å². The lowest BCUT2D eigenvalue weighted by molar-refractivity contribution is 0.630. The SMILES string of the molecule is Fc1ccc2scc3c4ccc5ccccc5c4nc-3c2c1. The number of hydrogen-bond acceptors (Lipinski definition) is 2. The zero-order chi connectivity index (χ0) is 14.7. The van der Waals surface area contributed by atoms with Crippen molar-refractivity contribution in [2.45, 2.75) is 0 Å². The van der Waals surface area contributed by atoms with E-state index in [4.69, 9.17) is 4.98 Å². The van der Waals surface area contributed by atoms with E-state index >= 15 is 0 Å². The molecule has 2 aliphatic heterocycles. The van der Waals surface area contributed by atoms with Crippen LogP contribution in [0.15, 0.2) is 60.0 Å². The van der Waals surface area contributed by atoms with E-state index < -0.39 is 0 Å². The van der Waals surface area contributed by atoms with E-state index in [2.05, 4.69) is 29.6 Å². The van der Waals surface area contributed by atoms with Crippen LogP contribution in [-0.4, -0.2) is 4.98 Å². The van der Waals surface area contributed by atoms with Gasteiger partial charge in [-0.2, -0.15) is 0 Å². The highest BCUT2D eigenvalue weighted by atomic mass is 32.1. The molecule has 2 aliphatic rings. The Bertz CT molecular complexity index is 1140. The van der Waals surface area contributed by atoms with Crippen molar-refractivity contribution in [1.82, 2.24) is 4.98 Å². The van der Waals surface area contributed by atoms with Crippen LogP contribution in [0.1, 0.15) is 0 Å². The summed E-state index contributed by atoms with van der Waals surface area (Å²) in [6.07, 6.45) is 0. The van der Waals surface area contributed by atoms with Gasteiger partial charge in [0.05, 0.1) is 11.2 Å². The van der Waals surface area contributed by atoms with Crippen LogP contribution in [0.4, 0.5) is 4.39 Å². The van der Waals surface area contributed by atoms with Gasteiger partial charge in [0.1, 0.15) is 5.82 Å². The summed E-state index contributed by atoms with van der Waals surface area (Å²) >= 11 is 1.63. The molecule has 22 heavy (non-hydrogen) atoms. The fraction of sp³-hybridized carbons (Fsp3) is 0. The van der Waals surface area contributed by atoms with Gasteiger partial charge in [-0.1, -0.05) is 36.4 Å². The number of fused-ring (bicyclic) bond motifs is 7. The maximum absolute atomic E-state index is 13.6. The van der Waals surface area contributed by atoms with E-state index in [-0.39, 0.29) is 5.82 Å². The van der Waals surface area contributed by atoms with E-state index in [1.165, 1.54) is 11.5 Å². The Morgan fingerprint density at radius 1 is 0.864 bits per heavy atom. The quantitative estimate of drug-likeness (QED) is 0.350. The van der Waals surface area contributed by atoms with Crippen LogP contribution >= 0.6 is 11.3 Å². The lowest BCUT2D eigenvalue weighted by Crippen LogP contribution is -1.81. The van der Waals surface area contributed by atoms with Gasteiger partial charge in [0.2, 0.25) is 0 Å². The van der Waals surface area contributed by atoms with E-state index in [9.17, 15) is 4.39 Å². The first-order valence-corrected chi connectivity index (χ1v) is 7.97. The molecule has 0 unspecified atom stereocenters. The molecule has 1 nitrogen and oxygen atoms in total. The topological polar surface area (TPSA) is 12.9 Å². The smallest absolute Gasteiger partial charge is 0.123 e. The number of nitrogens with zero attached hydrogens (tertiary/aromatic N) is 1. The maximum Gasteiger partial charge on any atom is 0.123 e. The molecule has 0 N–H and O–H groups in total. The Balaban J connectivity index is 2.04. The summed E-state index contributed by atoms with van der Waals surface area (Å²) in [7, 11) is 0. The first-order valence-electron chi connectivity index (χ1n) is 7.09. The summed E-state index contributed by atoms with van der Waals surface area (Å²) in [6.45, 7) is 0. The van der Waals surface area contributed by atoms with Gasteiger partial charge < -0.3 is 0 Å². The molecular weight excluding hydrogens is 293 g/mol. The normalized spacial score (nSPS) is 11.9. The average molecular weight is 303 g/mol. The average Bonchev–Trinajstić information content (AvgIpc) is 2.94. The standard InChI is InChI=1S/C19H10FNS/c20-12-6-8-17-15(9-12)19-16(10-22-17)14-7-5-11-3-1-2-4-13(11)18(14)21-19/h1-10H. The molecule has 3 aromatic carbocycles. The van der Waals surface area contributed by atoms with Gasteiger partial charge in [0.15, 0.2) is 0 Å². The molecule has 0 aromatic heterocycles. The minimum atomic E-state index is -0.218. The molecule has 3 aromatic rings. The van der Waals surface area contributed by atoms with Crippen molar-refractivity contribution in [3.05, 3.63) is 65.8 Å². The van der Waals surface area contributed by atoms with Crippen LogP contribution in [-0.2, 0) is 0 Å². The number of aromatic nitrogens is 1. The highest BCUT2D eigenvalue weighted by Crippen LogP contribution is 2.40. The zero-order valence-corrected chi connectivity index (χ0v) is 12.3. The van der Waals surface area contributed by atoms with Crippen molar-refractivity contribution in [2.24, 2.45) is 0 Å². The van der Waals surface area contributed by atoms with Crippen molar-refractivity contribution in [1.29, 1.82) is 0 Å². The highest BCUT2D eigenvalue weighted by molar-refractivity contribution is 7.17. The molecule has 0 atom stereocenters. The minimum Gasteiger partial charge on any atom is -0.246 e. The van der Waals surface area contributed by atoms with Crippen molar-refractivity contribution < 1.29 is 4.39 Å². The number of halogens is 1. The van der Waals surface area contributed by atoms with Gasteiger partial charge >= 0.3 is 0 Å². The molecule has 2 heterocycles. The third kappa shape index (κ3) is 1.54. The third-order valence-electron chi connectivity index (χ3n) is 4.17. The van der Waals surface area contributed by atoms with Crippen molar-refractivity contribution in [3.63, 3.8) is 0 Å². The molecular formula is C19H10FNS. The van der Waals surface area contributed by atoms with Crippen molar-refractivity contribution in [2.75, 3.05) is 0 Å². The number of rotatable bonds is 0. The van der Waals surface area contributed by atoms with E-state index in [1.54, 1.807) is 17.4 Å². The Labute approximate surface area is 130 Å². The van der Waals surface area contributed by atoms with Gasteiger partial charge in [0, 0.05) is 31.8 Å². The summed E-state index contributed by atoms with van der Waals surface area (Å²) in [5, 5.41) is 6.47. The second kappa shape index (κ2) is 4.24. The lowest BCUT2D eigenvalue weighted by atomic mass is 10.0. The largest absolute Gasteiger partial charge is 0.246 e. The Hall–Kier alpha value is -2.52. The maximum atomic E-state index is 13.6. The van der Waals surface area contributed by atoms with Gasteiger partial charge in [0.25, 0.3) is 0 Å². The zero-order valence-electron chi connectivity index (χ0n) is 11.5. The molecule has 5 rings (SSSR count). The number of benzene rings is 3. The molecule has 0 fully saturated rings. The molecule has 0 radical (unpaired) electrons. The Kier molecular flexibility index (Phi) is 2.33. The predicted octanol–water partition coefficient (Wildman–Crippen LogP) is 5.85. The van der Waals surface area contributed by atoms with Crippen LogP contribution in [0.3, 0.4) is 0 Å². The number of hydrogen-bond donors (Lipinski definition) is 0. The van der Waals surface area contributed by atoms with E-state index in [1.807, 2.05) is 18.2 Å². The van der Waals surface area contributed by atoms with Crippen LogP contribution in [0, 0.1) is 5.82 Å². The molecule has 104 valence electrons. The van der Waals surface area contributed by atoms with Gasteiger partial charge in [-0.15, -0.1) is 11.3 Å². The highest BCUT2D eigenvalue weighted by Gasteiger charge is 2.17. The summed E-state index contributed by atoms with van der Waals surface area (Å²) in [6, 6.07) is 17.4. The third-order valence-corrected chi connectivity index (χ3v) is 5.13. The second-order valence-corrected chi connectivity index (χ2v) is 6.34. The second-order valence-electron chi connectivity index (χ2n) is 5.43. The Morgan fingerprint density at radius 3 is 2.73 bits per heavy atom. The van der Waals surface area contributed by atoms with Gasteiger partial charge in [-0.25, -0.2) is 9.37 Å². The summed E-state index contributed by atoms with van der Waals surface area (Å²) in [5.41, 5.74) is 2.99. The van der Waals surface area contributed by atoms with Crippen LogP contribution in [0.25, 0.3) is 43.0 Å². The minimum absolute atomic E-state index is 0.218. The van der Waals surface area contributed by atoms with E-state index in [0.717, 1.165) is 37.6 Å². The molecule has 0 amide bonds. The first kappa shape index (κ1) is 12.1. The lowest BCUT2D eigenvalue weighted by Gasteiger charge is -2.03. The molecule has 0 bridgehead atoms. The van der Waals surface area contributed by atoms with Gasteiger partial charge in [-0.3, -0.25) is 0 Å². The predicted molar refractivity (Wildman–Crippen MR) is 91.2 cm³/mol. The fourth-order valence-electron chi connectivity index (χ4n) is 3.13. The summed E-state index contributed by atoms with van der Waals surface area (Å²) < 4.78 is 14.7. The first-order chi connectivity index (χ1) is 10.8. The fourth-order valence-corrected chi connectivity index (χ4v) is 4.04. The van der Waals surface area contributed by atoms with E-state index in [0.29, 0.717) is 0 Å². The van der Waals surface area contributed by atoms with Crippen molar-refractivity contribution in [3.8, 4) is 11.3 Å². The molecule has 0 saturated heterocycles. The summed E-state index contributed by atoms with van der Waals surface area (Å²) in [5.74, 6) is -0.218.